The number of benzene rings is 2. The Balaban J connectivity index is 1.78. The number of nitrogens with one attached hydrogen (secondary N) is 2. The number of hydrogen-bond acceptors (Lipinski definition) is 8. The minimum atomic E-state index is -1.22. The second-order valence-electron chi connectivity index (χ2n) is 9.05. The van der Waals surface area contributed by atoms with Crippen LogP contribution in [0, 0.1) is 0 Å². The highest BCUT2D eigenvalue weighted by molar-refractivity contribution is 6.30. The van der Waals surface area contributed by atoms with Crippen LogP contribution in [-0.4, -0.2) is 99.1 Å². The van der Waals surface area contributed by atoms with Crippen molar-refractivity contribution in [1.82, 2.24) is 35.3 Å². The van der Waals surface area contributed by atoms with Crippen molar-refractivity contribution in [2.45, 2.75) is 12.5 Å². The van der Waals surface area contributed by atoms with E-state index in [0.717, 1.165) is 0 Å². The Kier molecular flexibility index (Phi) is 10.4. The van der Waals surface area contributed by atoms with E-state index in [1.807, 2.05) is 19.0 Å². The monoisotopic (exact) mass is 568 g/mol. The second-order valence-corrected chi connectivity index (χ2v) is 9.48. The number of aromatic nitrogens is 4. The van der Waals surface area contributed by atoms with Gasteiger partial charge in [0.25, 0.3) is 0 Å². The fourth-order valence-electron chi connectivity index (χ4n) is 3.46. The maximum absolute atomic E-state index is 13.1. The summed E-state index contributed by atoms with van der Waals surface area (Å²) in [6.07, 6.45) is 3.79. The largest absolute Gasteiger partial charge is 0.478 e. The van der Waals surface area contributed by atoms with Gasteiger partial charge in [0.2, 0.25) is 17.7 Å². The molecule has 0 fully saturated rings. The molecular weight excluding hydrogens is 540 g/mol. The smallest absolute Gasteiger partial charge is 0.335 e. The van der Waals surface area contributed by atoms with Crippen molar-refractivity contribution in [1.29, 1.82) is 0 Å². The molecule has 0 spiro atoms. The van der Waals surface area contributed by atoms with E-state index in [2.05, 4.69) is 26.2 Å². The van der Waals surface area contributed by atoms with E-state index in [9.17, 15) is 19.2 Å². The van der Waals surface area contributed by atoms with Crippen LogP contribution >= 0.6 is 11.6 Å². The number of carboxylic acid groups (broad SMARTS) is 1. The zero-order valence-electron chi connectivity index (χ0n) is 22.1. The Bertz CT molecular complexity index is 1380. The third-order valence-electron chi connectivity index (χ3n) is 5.72. The van der Waals surface area contributed by atoms with Gasteiger partial charge in [-0.1, -0.05) is 11.6 Å². The minimum Gasteiger partial charge on any atom is -0.478 e. The molecule has 1 atom stereocenters. The van der Waals surface area contributed by atoms with Gasteiger partial charge in [-0.05, 0) is 73.1 Å². The first-order valence-corrected chi connectivity index (χ1v) is 12.5. The van der Waals surface area contributed by atoms with E-state index in [4.69, 9.17) is 16.7 Å². The Hall–Kier alpha value is -4.62. The summed E-state index contributed by atoms with van der Waals surface area (Å²) < 4.78 is 1.40. The average Bonchev–Trinajstić information content (AvgIpc) is 3.45. The molecule has 0 aliphatic carbocycles. The molecular formula is C26H29ClN8O5. The molecule has 14 heteroatoms. The van der Waals surface area contributed by atoms with Crippen LogP contribution < -0.4 is 10.6 Å². The van der Waals surface area contributed by atoms with E-state index in [1.165, 1.54) is 52.3 Å². The van der Waals surface area contributed by atoms with Crippen molar-refractivity contribution in [3.63, 3.8) is 0 Å². The summed E-state index contributed by atoms with van der Waals surface area (Å²) in [4.78, 5) is 53.4. The molecule has 3 N–H and O–H groups in total. The Morgan fingerprint density at radius 2 is 1.80 bits per heavy atom. The molecule has 1 unspecified atom stereocenters. The number of rotatable bonds is 12. The summed E-state index contributed by atoms with van der Waals surface area (Å²) in [7, 11) is 5.37. The molecule has 0 saturated carbocycles. The van der Waals surface area contributed by atoms with Gasteiger partial charge in [0.1, 0.15) is 12.4 Å². The molecule has 3 aromatic rings. The maximum atomic E-state index is 13.1. The second kappa shape index (κ2) is 14.0. The van der Waals surface area contributed by atoms with Crippen LogP contribution in [-0.2, 0) is 14.4 Å². The number of carbonyl (C=O) groups is 4. The zero-order valence-corrected chi connectivity index (χ0v) is 22.9. The quantitative estimate of drug-likeness (QED) is 0.275. The highest BCUT2D eigenvalue weighted by Crippen LogP contribution is 2.20. The average molecular weight is 569 g/mol. The van der Waals surface area contributed by atoms with Crippen molar-refractivity contribution >= 4 is 47.1 Å². The van der Waals surface area contributed by atoms with Gasteiger partial charge in [-0.3, -0.25) is 14.4 Å². The normalized spacial score (nSPS) is 11.8. The van der Waals surface area contributed by atoms with Crippen LogP contribution in [0.2, 0.25) is 5.02 Å². The minimum absolute atomic E-state index is 0.0488. The van der Waals surface area contributed by atoms with Gasteiger partial charge in [0, 0.05) is 42.5 Å². The van der Waals surface area contributed by atoms with Crippen LogP contribution in [0.4, 0.5) is 5.69 Å². The first-order valence-electron chi connectivity index (χ1n) is 12.1. The summed E-state index contributed by atoms with van der Waals surface area (Å²) in [5.74, 6) is -2.73. The number of nitrogens with zero attached hydrogens (tertiary/aromatic N) is 6. The molecule has 0 bridgehead atoms. The van der Waals surface area contributed by atoms with Gasteiger partial charge in [0.05, 0.1) is 17.7 Å². The summed E-state index contributed by atoms with van der Waals surface area (Å²) in [6, 6.07) is 9.25. The maximum Gasteiger partial charge on any atom is 0.335 e. The van der Waals surface area contributed by atoms with E-state index in [1.54, 1.807) is 25.2 Å². The third kappa shape index (κ3) is 8.71. The lowest BCUT2D eigenvalue weighted by molar-refractivity contribution is -0.133. The summed E-state index contributed by atoms with van der Waals surface area (Å²) in [5.41, 5.74) is 1.46. The standard InChI is InChI=1S/C26H29ClN8O5/c1-33(2)12-13-34(3)24(37)15-21(25(38)29-20-8-4-17(5-9-20)26(39)40)30-23(36)11-6-18-14-19(27)7-10-22(18)35-16-28-31-32-35/h4-11,14,16,21H,12-13,15H2,1-3H3,(H,29,38)(H,30,36)(H,39,40). The number of carbonyl (C=O) groups excluding carboxylic acids is 3. The topological polar surface area (TPSA) is 163 Å². The molecule has 3 rings (SSSR count). The number of aromatic carboxylic acids is 1. The number of carboxylic acids is 1. The fraction of sp³-hybridized carbons (Fsp3) is 0.269. The number of hydrogen-bond donors (Lipinski definition) is 3. The Labute approximate surface area is 235 Å². The number of anilines is 1. The highest BCUT2D eigenvalue weighted by atomic mass is 35.5. The van der Waals surface area contributed by atoms with Crippen molar-refractivity contribution in [3.05, 3.63) is 71.0 Å². The molecule has 13 nitrogen and oxygen atoms in total. The summed E-state index contributed by atoms with van der Waals surface area (Å²) in [6.45, 7) is 1.05. The SMILES string of the molecule is CN(C)CCN(C)C(=O)CC(NC(=O)C=Cc1cc(Cl)ccc1-n1cnnn1)C(=O)Nc1ccc(C(=O)O)cc1. The van der Waals surface area contributed by atoms with E-state index < -0.39 is 23.8 Å². The first kappa shape index (κ1) is 29.9. The van der Waals surface area contributed by atoms with Crippen LogP contribution in [0.3, 0.4) is 0 Å². The third-order valence-corrected chi connectivity index (χ3v) is 5.95. The van der Waals surface area contributed by atoms with Gasteiger partial charge in [-0.25, -0.2) is 4.79 Å². The van der Waals surface area contributed by atoms with E-state index in [0.29, 0.717) is 35.1 Å². The number of amides is 3. The number of tetrazole rings is 1. The molecule has 2 aromatic carbocycles. The van der Waals surface area contributed by atoms with Crippen LogP contribution in [0.5, 0.6) is 0 Å². The van der Waals surface area contributed by atoms with Crippen molar-refractivity contribution in [2.24, 2.45) is 0 Å². The predicted octanol–water partition coefficient (Wildman–Crippen LogP) is 1.56. The van der Waals surface area contributed by atoms with Gasteiger partial charge in [-0.15, -0.1) is 5.10 Å². The van der Waals surface area contributed by atoms with Crippen molar-refractivity contribution in [3.8, 4) is 5.69 Å². The van der Waals surface area contributed by atoms with Gasteiger partial charge >= 0.3 is 5.97 Å². The van der Waals surface area contributed by atoms with Gasteiger partial charge < -0.3 is 25.5 Å². The van der Waals surface area contributed by atoms with E-state index >= 15 is 0 Å². The summed E-state index contributed by atoms with van der Waals surface area (Å²) >= 11 is 6.13. The molecule has 0 aliphatic heterocycles. The highest BCUT2D eigenvalue weighted by Gasteiger charge is 2.25. The first-order chi connectivity index (χ1) is 19.0. The van der Waals surface area contributed by atoms with Crippen LogP contribution in [0.25, 0.3) is 11.8 Å². The summed E-state index contributed by atoms with van der Waals surface area (Å²) in [5, 5.41) is 25.8. The van der Waals surface area contributed by atoms with Gasteiger partial charge in [0.15, 0.2) is 0 Å². The van der Waals surface area contributed by atoms with Gasteiger partial charge in [-0.2, -0.15) is 4.68 Å². The van der Waals surface area contributed by atoms with E-state index in [-0.39, 0.29) is 17.9 Å². The molecule has 0 radical (unpaired) electrons. The molecule has 40 heavy (non-hydrogen) atoms. The van der Waals surface area contributed by atoms with Crippen LogP contribution in [0.1, 0.15) is 22.3 Å². The molecule has 3 amide bonds. The number of halogens is 1. The lowest BCUT2D eigenvalue weighted by atomic mass is 10.1. The lowest BCUT2D eigenvalue weighted by Crippen LogP contribution is -2.47. The predicted molar refractivity (Wildman–Crippen MR) is 148 cm³/mol. The van der Waals surface area contributed by atoms with Crippen molar-refractivity contribution in [2.75, 3.05) is 39.5 Å². The fourth-order valence-corrected chi connectivity index (χ4v) is 3.64. The molecule has 0 saturated heterocycles. The Morgan fingerprint density at radius 1 is 1.07 bits per heavy atom. The molecule has 210 valence electrons. The Morgan fingerprint density at radius 3 is 2.42 bits per heavy atom. The number of likely N-dealkylation sites (N-methyl/N-ethyl adjacent to an activating group) is 2. The van der Waals surface area contributed by atoms with Crippen molar-refractivity contribution < 1.29 is 24.3 Å². The molecule has 1 heterocycles. The molecule has 1 aromatic heterocycles. The molecule has 0 aliphatic rings. The van der Waals surface area contributed by atoms with Crippen LogP contribution in [0.15, 0.2) is 54.9 Å². The lowest BCUT2D eigenvalue weighted by Gasteiger charge is -2.23. The zero-order chi connectivity index (χ0) is 29.2.